The van der Waals surface area contributed by atoms with Gasteiger partial charge in [0.25, 0.3) is 0 Å². The smallest absolute Gasteiger partial charge is 0.465 e. The normalized spacial score (nSPS) is 10.4. The zero-order valence-corrected chi connectivity index (χ0v) is 13.0. The second-order valence-corrected chi connectivity index (χ2v) is 4.82. The van der Waals surface area contributed by atoms with Gasteiger partial charge in [-0.15, -0.1) is 0 Å². The number of methoxy groups -OCH3 is 1. The van der Waals surface area contributed by atoms with E-state index in [-0.39, 0.29) is 11.3 Å². The first-order chi connectivity index (χ1) is 11.8. The number of nitrogens with one attached hydrogen (secondary N) is 1. The van der Waals surface area contributed by atoms with E-state index in [1.54, 1.807) is 23.5 Å². The van der Waals surface area contributed by atoms with Gasteiger partial charge in [-0.3, -0.25) is 4.79 Å². The van der Waals surface area contributed by atoms with E-state index in [4.69, 9.17) is 0 Å². The molecule has 7 heteroatoms. The highest BCUT2D eigenvalue weighted by atomic mass is 19.4. The summed E-state index contributed by atoms with van der Waals surface area (Å²) in [6.45, 7) is 0. The van der Waals surface area contributed by atoms with Crippen molar-refractivity contribution in [3.63, 3.8) is 0 Å². The molecule has 4 nitrogen and oxygen atoms in total. The Labute approximate surface area is 141 Å². The first-order valence-corrected chi connectivity index (χ1v) is 6.99. The number of halogens is 3. The molecule has 128 valence electrons. The average Bonchev–Trinajstić information content (AvgIpc) is 2.60. The van der Waals surface area contributed by atoms with Crippen LogP contribution in [0.4, 0.5) is 18.9 Å². The number of carbonyl (C=O) groups excluding carboxylic acids is 2. The molecule has 0 bridgehead atoms. The van der Waals surface area contributed by atoms with Crippen molar-refractivity contribution < 1.29 is 27.5 Å². The van der Waals surface area contributed by atoms with E-state index in [0.717, 1.165) is 0 Å². The number of alkyl halides is 3. The SMILES string of the molecule is COC(=O)c1ccc(C#Cc2ccccc2NC(=O)C(F)(F)F)cc1. The molecule has 2 aromatic rings. The Morgan fingerprint density at radius 3 is 2.24 bits per heavy atom. The van der Waals surface area contributed by atoms with E-state index in [2.05, 4.69) is 16.6 Å². The summed E-state index contributed by atoms with van der Waals surface area (Å²) in [6.07, 6.45) is -4.98. The molecule has 0 saturated carbocycles. The van der Waals surface area contributed by atoms with Gasteiger partial charge < -0.3 is 10.1 Å². The number of para-hydroxylation sites is 1. The zero-order valence-electron chi connectivity index (χ0n) is 13.0. The number of esters is 1. The summed E-state index contributed by atoms with van der Waals surface area (Å²) < 4.78 is 41.7. The van der Waals surface area contributed by atoms with Crippen LogP contribution in [0.15, 0.2) is 48.5 Å². The van der Waals surface area contributed by atoms with Gasteiger partial charge in [0.05, 0.1) is 18.4 Å². The number of anilines is 1. The van der Waals surface area contributed by atoms with Gasteiger partial charge in [-0.2, -0.15) is 13.2 Å². The number of hydrogen-bond acceptors (Lipinski definition) is 3. The van der Waals surface area contributed by atoms with Crippen molar-refractivity contribution in [3.8, 4) is 11.8 Å². The molecule has 0 saturated heterocycles. The topological polar surface area (TPSA) is 55.4 Å². The van der Waals surface area contributed by atoms with Crippen molar-refractivity contribution in [2.75, 3.05) is 12.4 Å². The van der Waals surface area contributed by atoms with Crippen LogP contribution in [0.3, 0.4) is 0 Å². The van der Waals surface area contributed by atoms with Crippen LogP contribution in [0.5, 0.6) is 0 Å². The van der Waals surface area contributed by atoms with E-state index in [9.17, 15) is 22.8 Å². The molecule has 1 amide bonds. The van der Waals surface area contributed by atoms with Gasteiger partial charge in [-0.05, 0) is 36.4 Å². The van der Waals surface area contributed by atoms with Crippen molar-refractivity contribution in [1.82, 2.24) is 0 Å². The van der Waals surface area contributed by atoms with Crippen molar-refractivity contribution in [1.29, 1.82) is 0 Å². The summed E-state index contributed by atoms with van der Waals surface area (Å²) in [6, 6.07) is 12.1. The summed E-state index contributed by atoms with van der Waals surface area (Å²) in [5.41, 5.74) is 1.09. The fourth-order valence-corrected chi connectivity index (χ4v) is 1.84. The lowest BCUT2D eigenvalue weighted by Crippen LogP contribution is -2.30. The van der Waals surface area contributed by atoms with E-state index in [1.165, 1.54) is 37.4 Å². The summed E-state index contributed by atoms with van der Waals surface area (Å²) in [5, 5.41) is 1.79. The highest BCUT2D eigenvalue weighted by molar-refractivity contribution is 5.96. The van der Waals surface area contributed by atoms with Crippen molar-refractivity contribution in [2.45, 2.75) is 6.18 Å². The lowest BCUT2D eigenvalue weighted by Gasteiger charge is -2.09. The lowest BCUT2D eigenvalue weighted by molar-refractivity contribution is -0.167. The van der Waals surface area contributed by atoms with Gasteiger partial charge in [-0.25, -0.2) is 4.79 Å². The summed E-state index contributed by atoms with van der Waals surface area (Å²) in [7, 11) is 1.27. The quantitative estimate of drug-likeness (QED) is 0.669. The standard InChI is InChI=1S/C18H12F3NO3/c1-25-16(23)14-10-7-12(8-11-14)6-9-13-4-2-3-5-15(13)22-17(24)18(19,20)21/h2-5,7-8,10-11H,1H3,(H,22,24). The Morgan fingerprint density at radius 1 is 1.00 bits per heavy atom. The van der Waals surface area contributed by atoms with Crippen LogP contribution in [0, 0.1) is 11.8 Å². The Bertz CT molecular complexity index is 846. The summed E-state index contributed by atoms with van der Waals surface area (Å²) in [4.78, 5) is 22.4. The van der Waals surface area contributed by atoms with Crippen molar-refractivity contribution >= 4 is 17.6 Å². The zero-order chi connectivity index (χ0) is 18.4. The Balaban J connectivity index is 2.23. The first-order valence-electron chi connectivity index (χ1n) is 6.99. The van der Waals surface area contributed by atoms with Crippen LogP contribution < -0.4 is 5.32 Å². The second-order valence-electron chi connectivity index (χ2n) is 4.82. The molecule has 0 atom stereocenters. The maximum Gasteiger partial charge on any atom is 0.471 e. The molecule has 0 radical (unpaired) electrons. The molecule has 0 aliphatic rings. The van der Waals surface area contributed by atoms with Crippen LogP contribution in [0.25, 0.3) is 0 Å². The maximum absolute atomic E-state index is 12.4. The number of carbonyl (C=O) groups is 2. The van der Waals surface area contributed by atoms with Gasteiger partial charge in [0.2, 0.25) is 0 Å². The fraction of sp³-hybridized carbons (Fsp3) is 0.111. The van der Waals surface area contributed by atoms with E-state index in [1.807, 2.05) is 0 Å². The Hall–Kier alpha value is -3.27. The van der Waals surface area contributed by atoms with Gasteiger partial charge in [-0.1, -0.05) is 24.0 Å². The molecular weight excluding hydrogens is 335 g/mol. The van der Waals surface area contributed by atoms with Crippen LogP contribution in [-0.2, 0) is 9.53 Å². The second kappa shape index (κ2) is 7.53. The van der Waals surface area contributed by atoms with Crippen LogP contribution in [0.2, 0.25) is 0 Å². The minimum atomic E-state index is -4.98. The first kappa shape index (κ1) is 18.1. The largest absolute Gasteiger partial charge is 0.471 e. The van der Waals surface area contributed by atoms with Crippen LogP contribution in [0.1, 0.15) is 21.5 Å². The third-order valence-electron chi connectivity index (χ3n) is 3.08. The van der Waals surface area contributed by atoms with Gasteiger partial charge in [0, 0.05) is 11.1 Å². The molecule has 0 spiro atoms. The van der Waals surface area contributed by atoms with Crippen LogP contribution in [-0.4, -0.2) is 25.2 Å². The average molecular weight is 347 g/mol. The molecule has 2 aromatic carbocycles. The fourth-order valence-electron chi connectivity index (χ4n) is 1.84. The number of hydrogen-bond donors (Lipinski definition) is 1. The highest BCUT2D eigenvalue weighted by Gasteiger charge is 2.38. The summed E-state index contributed by atoms with van der Waals surface area (Å²) >= 11 is 0. The predicted molar refractivity (Wildman–Crippen MR) is 84.9 cm³/mol. The molecule has 1 N–H and O–H groups in total. The monoisotopic (exact) mass is 347 g/mol. The van der Waals surface area contributed by atoms with Crippen LogP contribution >= 0.6 is 0 Å². The predicted octanol–water partition coefficient (Wildman–Crippen LogP) is 3.37. The number of ether oxygens (including phenoxy) is 1. The van der Waals surface area contributed by atoms with E-state index in [0.29, 0.717) is 11.1 Å². The van der Waals surface area contributed by atoms with Crippen molar-refractivity contribution in [2.24, 2.45) is 0 Å². The molecule has 0 aliphatic heterocycles. The molecule has 0 unspecified atom stereocenters. The number of rotatable bonds is 2. The van der Waals surface area contributed by atoms with Gasteiger partial charge in [0.1, 0.15) is 0 Å². The molecule has 0 heterocycles. The lowest BCUT2D eigenvalue weighted by atomic mass is 10.1. The molecule has 0 aliphatic carbocycles. The molecule has 0 aromatic heterocycles. The molecule has 25 heavy (non-hydrogen) atoms. The third kappa shape index (κ3) is 4.85. The minimum absolute atomic E-state index is 0.0384. The van der Waals surface area contributed by atoms with Gasteiger partial charge >= 0.3 is 18.1 Å². The number of amides is 1. The Kier molecular flexibility index (Phi) is 5.45. The van der Waals surface area contributed by atoms with E-state index < -0.39 is 18.1 Å². The van der Waals surface area contributed by atoms with E-state index >= 15 is 0 Å². The third-order valence-corrected chi connectivity index (χ3v) is 3.08. The summed E-state index contributed by atoms with van der Waals surface area (Å²) in [5.74, 6) is 2.91. The minimum Gasteiger partial charge on any atom is -0.465 e. The highest BCUT2D eigenvalue weighted by Crippen LogP contribution is 2.20. The Morgan fingerprint density at radius 2 is 1.64 bits per heavy atom. The molecular formula is C18H12F3NO3. The molecule has 2 rings (SSSR count). The molecule has 0 fully saturated rings. The number of benzene rings is 2. The maximum atomic E-state index is 12.4. The van der Waals surface area contributed by atoms with Gasteiger partial charge in [0.15, 0.2) is 0 Å². The van der Waals surface area contributed by atoms with Crippen molar-refractivity contribution in [3.05, 3.63) is 65.2 Å².